The first-order valence-electron chi connectivity index (χ1n) is 11.1. The summed E-state index contributed by atoms with van der Waals surface area (Å²) in [5.74, 6) is 2.34. The Morgan fingerprint density at radius 2 is 2.10 bits per heavy atom. The Morgan fingerprint density at radius 1 is 1.31 bits per heavy atom. The van der Waals surface area contributed by atoms with Gasteiger partial charge in [-0.25, -0.2) is 0 Å². The fourth-order valence-electron chi connectivity index (χ4n) is 4.37. The smallest absolute Gasteiger partial charge is 0.225 e. The number of carbonyl (C=O) groups is 1. The maximum atomic E-state index is 12.8. The van der Waals surface area contributed by atoms with Crippen molar-refractivity contribution in [3.05, 3.63) is 24.2 Å². The van der Waals surface area contributed by atoms with E-state index in [4.69, 9.17) is 9.41 Å². The molecule has 0 aromatic carbocycles. The summed E-state index contributed by atoms with van der Waals surface area (Å²) >= 11 is 0. The van der Waals surface area contributed by atoms with Gasteiger partial charge >= 0.3 is 0 Å². The highest BCUT2D eigenvalue weighted by molar-refractivity contribution is 5.81. The molecule has 3 rings (SSSR count). The van der Waals surface area contributed by atoms with Gasteiger partial charge in [0.05, 0.1) is 18.8 Å². The van der Waals surface area contributed by atoms with Crippen molar-refractivity contribution in [2.24, 2.45) is 10.9 Å². The summed E-state index contributed by atoms with van der Waals surface area (Å²) in [6.45, 7) is 5.10. The van der Waals surface area contributed by atoms with E-state index in [1.165, 1.54) is 19.3 Å². The van der Waals surface area contributed by atoms with Gasteiger partial charge in [-0.2, -0.15) is 0 Å². The molecule has 7 nitrogen and oxygen atoms in total. The highest BCUT2D eigenvalue weighted by Crippen LogP contribution is 2.26. The van der Waals surface area contributed by atoms with Gasteiger partial charge < -0.3 is 20.0 Å². The van der Waals surface area contributed by atoms with E-state index < -0.39 is 0 Å². The van der Waals surface area contributed by atoms with Crippen molar-refractivity contribution in [1.29, 1.82) is 0 Å². The summed E-state index contributed by atoms with van der Waals surface area (Å²) in [4.78, 5) is 21.8. The molecule has 2 atom stereocenters. The fraction of sp³-hybridized carbons (Fsp3) is 0.727. The van der Waals surface area contributed by atoms with Crippen molar-refractivity contribution < 1.29 is 9.21 Å². The Morgan fingerprint density at radius 3 is 2.76 bits per heavy atom. The normalized spacial score (nSPS) is 22.1. The molecule has 1 aromatic heterocycles. The highest BCUT2D eigenvalue weighted by Gasteiger charge is 2.31. The predicted octanol–water partition coefficient (Wildman–Crippen LogP) is 2.62. The van der Waals surface area contributed by atoms with Crippen LogP contribution in [-0.2, 0) is 4.79 Å². The molecule has 0 spiro atoms. The third-order valence-electron chi connectivity index (χ3n) is 6.06. The van der Waals surface area contributed by atoms with Crippen molar-refractivity contribution in [3.8, 4) is 0 Å². The number of guanidine groups is 1. The molecule has 1 aliphatic carbocycles. The molecule has 1 saturated heterocycles. The topological polar surface area (TPSA) is 73.1 Å². The van der Waals surface area contributed by atoms with E-state index in [2.05, 4.69) is 27.4 Å². The number of aliphatic imine (C=N–C) groups is 1. The first kappa shape index (κ1) is 21.7. The summed E-state index contributed by atoms with van der Waals surface area (Å²) in [7, 11) is 4.07. The molecule has 162 valence electrons. The van der Waals surface area contributed by atoms with Gasteiger partial charge in [0, 0.05) is 31.6 Å². The quantitative estimate of drug-likeness (QED) is 0.541. The van der Waals surface area contributed by atoms with Gasteiger partial charge in [-0.05, 0) is 52.4 Å². The SMILES string of the molecule is CCNC(=NCC(c1ccco1)N(C)C)NC1CCN(C(=O)C2CCCCC2)C1. The zero-order valence-corrected chi connectivity index (χ0v) is 18.2. The second-order valence-electron chi connectivity index (χ2n) is 8.46. The van der Waals surface area contributed by atoms with Crippen LogP contribution in [0.25, 0.3) is 0 Å². The van der Waals surface area contributed by atoms with Gasteiger partial charge in [0.2, 0.25) is 5.91 Å². The van der Waals surface area contributed by atoms with Crippen LogP contribution >= 0.6 is 0 Å². The zero-order chi connectivity index (χ0) is 20.6. The van der Waals surface area contributed by atoms with Crippen LogP contribution < -0.4 is 10.6 Å². The van der Waals surface area contributed by atoms with Gasteiger partial charge in [-0.15, -0.1) is 0 Å². The number of likely N-dealkylation sites (N-methyl/N-ethyl adjacent to an activating group) is 1. The number of likely N-dealkylation sites (tertiary alicyclic amines) is 1. The molecule has 1 amide bonds. The maximum absolute atomic E-state index is 12.8. The number of hydrogen-bond donors (Lipinski definition) is 2. The lowest BCUT2D eigenvalue weighted by atomic mass is 9.88. The third kappa shape index (κ3) is 5.98. The predicted molar refractivity (Wildman–Crippen MR) is 116 cm³/mol. The van der Waals surface area contributed by atoms with E-state index in [0.29, 0.717) is 12.5 Å². The first-order valence-corrected chi connectivity index (χ1v) is 11.1. The van der Waals surface area contributed by atoms with Crippen LogP contribution in [0.3, 0.4) is 0 Å². The number of amides is 1. The Balaban J connectivity index is 1.56. The third-order valence-corrected chi connectivity index (χ3v) is 6.06. The van der Waals surface area contributed by atoms with Crippen LogP contribution in [0.2, 0.25) is 0 Å². The average Bonchev–Trinajstić information content (AvgIpc) is 3.40. The van der Waals surface area contributed by atoms with Gasteiger partial charge in [0.1, 0.15) is 5.76 Å². The van der Waals surface area contributed by atoms with Crippen molar-refractivity contribution in [1.82, 2.24) is 20.4 Å². The molecule has 2 aliphatic rings. The van der Waals surface area contributed by atoms with Gasteiger partial charge in [-0.3, -0.25) is 14.7 Å². The highest BCUT2D eigenvalue weighted by atomic mass is 16.3. The lowest BCUT2D eigenvalue weighted by Gasteiger charge is -2.26. The summed E-state index contributed by atoms with van der Waals surface area (Å²) in [6, 6.07) is 4.25. The Bertz CT molecular complexity index is 652. The summed E-state index contributed by atoms with van der Waals surface area (Å²) < 4.78 is 5.58. The molecule has 0 radical (unpaired) electrons. The average molecular weight is 404 g/mol. The number of nitrogens with one attached hydrogen (secondary N) is 2. The van der Waals surface area contributed by atoms with Gasteiger partial charge in [0.15, 0.2) is 5.96 Å². The summed E-state index contributed by atoms with van der Waals surface area (Å²) in [5.41, 5.74) is 0. The molecule has 29 heavy (non-hydrogen) atoms. The van der Waals surface area contributed by atoms with Gasteiger partial charge in [0.25, 0.3) is 0 Å². The molecule has 2 N–H and O–H groups in total. The molecule has 0 bridgehead atoms. The summed E-state index contributed by atoms with van der Waals surface area (Å²) in [6.07, 6.45) is 8.49. The van der Waals surface area contributed by atoms with Crippen LogP contribution in [0.1, 0.15) is 57.3 Å². The standard InChI is InChI=1S/C22H37N5O2/c1-4-23-22(24-15-19(26(2)3)20-11-8-14-29-20)25-18-12-13-27(16-18)21(28)17-9-6-5-7-10-17/h8,11,14,17-19H,4-7,9-10,12-13,15-16H2,1-3H3,(H2,23,24,25). The molecule has 2 unspecified atom stereocenters. The Labute approximate surface area is 174 Å². The van der Waals surface area contributed by atoms with Crippen LogP contribution in [0.15, 0.2) is 27.8 Å². The molecule has 7 heteroatoms. The number of nitrogens with zero attached hydrogens (tertiary/aromatic N) is 3. The number of rotatable bonds is 7. The molecule has 1 aromatic rings. The number of furan rings is 1. The maximum Gasteiger partial charge on any atom is 0.225 e. The number of carbonyl (C=O) groups excluding carboxylic acids is 1. The van der Waals surface area contributed by atoms with Crippen molar-refractivity contribution in [2.75, 3.05) is 40.3 Å². The van der Waals surface area contributed by atoms with E-state index in [1.54, 1.807) is 6.26 Å². The minimum atomic E-state index is 0.0911. The monoisotopic (exact) mass is 403 g/mol. The largest absolute Gasteiger partial charge is 0.468 e. The lowest BCUT2D eigenvalue weighted by Crippen LogP contribution is -2.46. The molecule has 1 aliphatic heterocycles. The van der Waals surface area contributed by atoms with E-state index >= 15 is 0 Å². The van der Waals surface area contributed by atoms with E-state index in [9.17, 15) is 4.79 Å². The van der Waals surface area contributed by atoms with Crippen LogP contribution in [0, 0.1) is 5.92 Å². The van der Waals surface area contributed by atoms with E-state index in [1.807, 2.05) is 26.2 Å². The Hall–Kier alpha value is -2.02. The minimum absolute atomic E-state index is 0.0911. The van der Waals surface area contributed by atoms with Gasteiger partial charge in [-0.1, -0.05) is 19.3 Å². The van der Waals surface area contributed by atoms with Crippen molar-refractivity contribution in [2.45, 2.75) is 57.5 Å². The van der Waals surface area contributed by atoms with Crippen molar-refractivity contribution >= 4 is 11.9 Å². The van der Waals surface area contributed by atoms with Crippen LogP contribution in [0.4, 0.5) is 0 Å². The molecule has 2 fully saturated rings. The second kappa shape index (κ2) is 10.7. The Kier molecular flexibility index (Phi) is 7.98. The minimum Gasteiger partial charge on any atom is -0.468 e. The van der Waals surface area contributed by atoms with E-state index in [0.717, 1.165) is 50.6 Å². The van der Waals surface area contributed by atoms with Crippen LogP contribution in [-0.4, -0.2) is 68.0 Å². The fourth-order valence-corrected chi connectivity index (χ4v) is 4.37. The second-order valence-corrected chi connectivity index (χ2v) is 8.46. The lowest BCUT2D eigenvalue weighted by molar-refractivity contribution is -0.135. The van der Waals surface area contributed by atoms with E-state index in [-0.39, 0.29) is 18.0 Å². The van der Waals surface area contributed by atoms with Crippen LogP contribution in [0.5, 0.6) is 0 Å². The van der Waals surface area contributed by atoms with Crippen molar-refractivity contribution in [3.63, 3.8) is 0 Å². The molecule has 2 heterocycles. The summed E-state index contributed by atoms with van der Waals surface area (Å²) in [5, 5.41) is 6.88. The number of hydrogen-bond acceptors (Lipinski definition) is 4. The molecule has 1 saturated carbocycles. The molecular weight excluding hydrogens is 366 g/mol. The molecular formula is C22H37N5O2. The zero-order valence-electron chi connectivity index (χ0n) is 18.2. The first-order chi connectivity index (χ1) is 14.1.